The molecule has 0 atom stereocenters. The predicted molar refractivity (Wildman–Crippen MR) is 58.7 cm³/mol. The summed E-state index contributed by atoms with van der Waals surface area (Å²) in [6, 6.07) is 10.1. The van der Waals surface area contributed by atoms with Gasteiger partial charge in [-0.25, -0.2) is 4.79 Å². The van der Waals surface area contributed by atoms with E-state index in [1.54, 1.807) is 30.3 Å². The third kappa shape index (κ3) is 2.23. The lowest BCUT2D eigenvalue weighted by atomic mass is 10.1. The number of carboxylic acids is 1. The van der Waals surface area contributed by atoms with Crippen molar-refractivity contribution in [2.75, 3.05) is 0 Å². The van der Waals surface area contributed by atoms with Gasteiger partial charge in [0.05, 0.1) is 0 Å². The second-order valence-electron chi connectivity index (χ2n) is 3.55. The SMILES string of the molecule is O=C(O)c1ccc(Cc2ccc(O)cc2)[nH]1. The van der Waals surface area contributed by atoms with Crippen molar-refractivity contribution in [1.29, 1.82) is 0 Å². The van der Waals surface area contributed by atoms with Crippen molar-refractivity contribution in [1.82, 2.24) is 4.98 Å². The molecule has 1 aromatic heterocycles. The lowest BCUT2D eigenvalue weighted by Crippen LogP contribution is -1.97. The quantitative estimate of drug-likeness (QED) is 0.736. The molecule has 2 rings (SSSR count). The van der Waals surface area contributed by atoms with Crippen LogP contribution in [-0.2, 0) is 6.42 Å². The van der Waals surface area contributed by atoms with Gasteiger partial charge < -0.3 is 15.2 Å². The maximum atomic E-state index is 10.6. The summed E-state index contributed by atoms with van der Waals surface area (Å²) >= 11 is 0. The van der Waals surface area contributed by atoms with Crippen LogP contribution in [0, 0.1) is 0 Å². The van der Waals surface area contributed by atoms with E-state index in [0.29, 0.717) is 6.42 Å². The number of nitrogens with one attached hydrogen (secondary N) is 1. The van der Waals surface area contributed by atoms with Gasteiger partial charge in [-0.15, -0.1) is 0 Å². The fraction of sp³-hybridized carbons (Fsp3) is 0.0833. The molecule has 0 aliphatic rings. The highest BCUT2D eigenvalue weighted by Crippen LogP contribution is 2.13. The monoisotopic (exact) mass is 217 g/mol. The maximum Gasteiger partial charge on any atom is 0.352 e. The summed E-state index contributed by atoms with van der Waals surface area (Å²) in [5, 5.41) is 17.9. The van der Waals surface area contributed by atoms with Crippen molar-refractivity contribution >= 4 is 5.97 Å². The molecular formula is C12H11NO3. The molecule has 4 heteroatoms. The van der Waals surface area contributed by atoms with Crippen molar-refractivity contribution in [2.24, 2.45) is 0 Å². The van der Waals surface area contributed by atoms with Crippen LogP contribution >= 0.6 is 0 Å². The van der Waals surface area contributed by atoms with E-state index in [4.69, 9.17) is 10.2 Å². The lowest BCUT2D eigenvalue weighted by Gasteiger charge is -1.99. The second kappa shape index (κ2) is 4.10. The number of aromatic carboxylic acids is 1. The maximum absolute atomic E-state index is 10.6. The summed E-state index contributed by atoms with van der Waals surface area (Å²) in [6.45, 7) is 0. The summed E-state index contributed by atoms with van der Waals surface area (Å²) in [5.41, 5.74) is 2.04. The van der Waals surface area contributed by atoms with E-state index < -0.39 is 5.97 Å². The Morgan fingerprint density at radius 3 is 2.38 bits per heavy atom. The Hall–Kier alpha value is -2.23. The molecule has 0 aliphatic heterocycles. The highest BCUT2D eigenvalue weighted by molar-refractivity contribution is 5.85. The fourth-order valence-corrected chi connectivity index (χ4v) is 1.50. The van der Waals surface area contributed by atoms with Crippen LogP contribution in [0.5, 0.6) is 5.75 Å². The van der Waals surface area contributed by atoms with Gasteiger partial charge in [-0.2, -0.15) is 0 Å². The third-order valence-electron chi connectivity index (χ3n) is 2.31. The normalized spacial score (nSPS) is 10.2. The standard InChI is InChI=1S/C12H11NO3/c14-10-4-1-8(2-5-10)7-9-3-6-11(13-9)12(15)16/h1-6,13-14H,7H2,(H,15,16). The molecule has 0 saturated heterocycles. The van der Waals surface area contributed by atoms with E-state index in [1.807, 2.05) is 0 Å². The van der Waals surface area contributed by atoms with Crippen LogP contribution in [0.1, 0.15) is 21.7 Å². The minimum absolute atomic E-state index is 0.189. The first-order valence-corrected chi connectivity index (χ1v) is 4.84. The van der Waals surface area contributed by atoms with Crippen molar-refractivity contribution < 1.29 is 15.0 Å². The van der Waals surface area contributed by atoms with Crippen LogP contribution < -0.4 is 0 Å². The van der Waals surface area contributed by atoms with Gasteiger partial charge in [0.1, 0.15) is 11.4 Å². The molecule has 3 N–H and O–H groups in total. The van der Waals surface area contributed by atoms with Crippen LogP contribution in [0.3, 0.4) is 0 Å². The van der Waals surface area contributed by atoms with Crippen molar-refractivity contribution in [2.45, 2.75) is 6.42 Å². The molecule has 1 heterocycles. The number of H-pyrrole nitrogens is 1. The van der Waals surface area contributed by atoms with E-state index in [2.05, 4.69) is 4.98 Å². The van der Waals surface area contributed by atoms with E-state index >= 15 is 0 Å². The van der Waals surface area contributed by atoms with Gasteiger partial charge in [0.25, 0.3) is 0 Å². The fourth-order valence-electron chi connectivity index (χ4n) is 1.50. The first kappa shape index (κ1) is 10.3. The molecule has 82 valence electrons. The predicted octanol–water partition coefficient (Wildman–Crippen LogP) is 2.01. The van der Waals surface area contributed by atoms with Gasteiger partial charge in [0.2, 0.25) is 0 Å². The number of hydrogen-bond donors (Lipinski definition) is 3. The average molecular weight is 217 g/mol. The molecule has 0 saturated carbocycles. The highest BCUT2D eigenvalue weighted by Gasteiger charge is 2.05. The van der Waals surface area contributed by atoms with Gasteiger partial charge in [-0.1, -0.05) is 12.1 Å². The van der Waals surface area contributed by atoms with Gasteiger partial charge in [-0.3, -0.25) is 0 Å². The smallest absolute Gasteiger partial charge is 0.352 e. The molecule has 1 aromatic carbocycles. The summed E-state index contributed by atoms with van der Waals surface area (Å²) in [6.07, 6.45) is 0.619. The van der Waals surface area contributed by atoms with E-state index in [9.17, 15) is 4.79 Å². The topological polar surface area (TPSA) is 73.3 Å². The number of phenols is 1. The minimum atomic E-state index is -0.961. The largest absolute Gasteiger partial charge is 0.508 e. The Bertz CT molecular complexity index is 499. The van der Waals surface area contributed by atoms with Crippen molar-refractivity contribution in [3.05, 3.63) is 53.3 Å². The number of phenolic OH excluding ortho intramolecular Hbond substituents is 1. The van der Waals surface area contributed by atoms with E-state index in [0.717, 1.165) is 11.3 Å². The molecule has 0 unspecified atom stereocenters. The Morgan fingerprint density at radius 1 is 1.12 bits per heavy atom. The number of carbonyl (C=O) groups is 1. The number of carboxylic acid groups (broad SMARTS) is 1. The Morgan fingerprint density at radius 2 is 1.81 bits per heavy atom. The van der Waals surface area contributed by atoms with Crippen LogP contribution in [0.25, 0.3) is 0 Å². The zero-order chi connectivity index (χ0) is 11.5. The first-order valence-electron chi connectivity index (χ1n) is 4.84. The summed E-state index contributed by atoms with van der Waals surface area (Å²) in [5.74, 6) is -0.738. The van der Waals surface area contributed by atoms with Crippen LogP contribution in [0.2, 0.25) is 0 Å². The van der Waals surface area contributed by atoms with E-state index in [1.165, 1.54) is 6.07 Å². The summed E-state index contributed by atoms with van der Waals surface area (Å²) < 4.78 is 0. The molecule has 0 aliphatic carbocycles. The summed E-state index contributed by atoms with van der Waals surface area (Å²) in [7, 11) is 0. The third-order valence-corrected chi connectivity index (χ3v) is 2.31. The molecule has 0 fully saturated rings. The van der Waals surface area contributed by atoms with E-state index in [-0.39, 0.29) is 11.4 Å². The molecule has 16 heavy (non-hydrogen) atoms. The molecule has 0 amide bonds. The highest BCUT2D eigenvalue weighted by atomic mass is 16.4. The number of benzene rings is 1. The van der Waals surface area contributed by atoms with Gasteiger partial charge in [0.15, 0.2) is 0 Å². The lowest BCUT2D eigenvalue weighted by molar-refractivity contribution is 0.0691. The molecule has 0 radical (unpaired) electrons. The number of rotatable bonds is 3. The zero-order valence-corrected chi connectivity index (χ0v) is 8.47. The van der Waals surface area contributed by atoms with Gasteiger partial charge in [0, 0.05) is 12.1 Å². The Balaban J connectivity index is 2.14. The number of aromatic amines is 1. The van der Waals surface area contributed by atoms with Crippen molar-refractivity contribution in [3.63, 3.8) is 0 Å². The van der Waals surface area contributed by atoms with Gasteiger partial charge in [-0.05, 0) is 29.8 Å². The van der Waals surface area contributed by atoms with Crippen LogP contribution in [0.15, 0.2) is 36.4 Å². The number of aromatic nitrogens is 1. The molecule has 2 aromatic rings. The van der Waals surface area contributed by atoms with Crippen molar-refractivity contribution in [3.8, 4) is 5.75 Å². The molecule has 0 spiro atoms. The Labute approximate surface area is 92.2 Å². The number of aromatic hydroxyl groups is 1. The molecule has 4 nitrogen and oxygen atoms in total. The van der Waals surface area contributed by atoms with Gasteiger partial charge >= 0.3 is 5.97 Å². The van der Waals surface area contributed by atoms with Crippen LogP contribution in [-0.4, -0.2) is 21.2 Å². The van der Waals surface area contributed by atoms with Crippen LogP contribution in [0.4, 0.5) is 0 Å². The number of hydrogen-bond acceptors (Lipinski definition) is 2. The zero-order valence-electron chi connectivity index (χ0n) is 8.47. The second-order valence-corrected chi connectivity index (χ2v) is 3.55. The summed E-state index contributed by atoms with van der Waals surface area (Å²) in [4.78, 5) is 13.5. The average Bonchev–Trinajstić information content (AvgIpc) is 2.70. The molecule has 0 bridgehead atoms. The first-order chi connectivity index (χ1) is 7.65. The minimum Gasteiger partial charge on any atom is -0.508 e. The molecular weight excluding hydrogens is 206 g/mol. The Kier molecular flexibility index (Phi) is 2.64.